The van der Waals surface area contributed by atoms with Crippen LogP contribution in [0.15, 0.2) is 23.0 Å². The predicted octanol–water partition coefficient (Wildman–Crippen LogP) is -0.0895. The number of fused-ring (bicyclic) bond motifs is 1. The lowest BCUT2D eigenvalue weighted by atomic mass is 10.1. The number of piperazine rings is 1. The van der Waals surface area contributed by atoms with Crippen molar-refractivity contribution in [3.63, 3.8) is 0 Å². The third-order valence-corrected chi connectivity index (χ3v) is 3.41. The van der Waals surface area contributed by atoms with Gasteiger partial charge in [-0.1, -0.05) is 0 Å². The molecule has 0 aromatic carbocycles. The van der Waals surface area contributed by atoms with Gasteiger partial charge in [0, 0.05) is 44.2 Å². The van der Waals surface area contributed by atoms with Crippen LogP contribution in [0, 0.1) is 0 Å². The maximum absolute atomic E-state index is 11.7. The second kappa shape index (κ2) is 4.99. The summed E-state index contributed by atoms with van der Waals surface area (Å²) in [6.07, 6.45) is 0. The lowest BCUT2D eigenvalue weighted by Crippen LogP contribution is -2.43. The Balaban J connectivity index is 1.99. The summed E-state index contributed by atoms with van der Waals surface area (Å²) in [4.78, 5) is 20.9. The fourth-order valence-corrected chi connectivity index (χ4v) is 2.46. The number of H-pyrrole nitrogens is 1. The van der Waals surface area contributed by atoms with Crippen molar-refractivity contribution >= 4 is 16.9 Å². The monoisotopic (exact) mass is 259 g/mol. The van der Waals surface area contributed by atoms with Gasteiger partial charge in [-0.2, -0.15) is 0 Å². The SMILES string of the molecule is Nc1ccc2c(CN3CCNCC3)cc(=O)[nH]c2n1. The molecule has 0 aliphatic carbocycles. The smallest absolute Gasteiger partial charge is 0.249 e. The molecule has 0 saturated carbocycles. The fraction of sp³-hybridized carbons (Fsp3) is 0.385. The Morgan fingerprint density at radius 1 is 1.32 bits per heavy atom. The zero-order chi connectivity index (χ0) is 13.2. The van der Waals surface area contributed by atoms with E-state index in [4.69, 9.17) is 5.73 Å². The first kappa shape index (κ1) is 12.1. The molecule has 3 rings (SSSR count). The molecule has 6 heteroatoms. The number of nitrogens with two attached hydrogens (primary N) is 1. The summed E-state index contributed by atoms with van der Waals surface area (Å²) in [5.74, 6) is 0.419. The van der Waals surface area contributed by atoms with Gasteiger partial charge in [-0.15, -0.1) is 0 Å². The number of nitrogen functional groups attached to an aromatic ring is 1. The molecular formula is C13H17N5O. The quantitative estimate of drug-likeness (QED) is 0.701. The van der Waals surface area contributed by atoms with Crippen LogP contribution in [0.4, 0.5) is 5.82 Å². The summed E-state index contributed by atoms with van der Waals surface area (Å²) in [7, 11) is 0. The largest absolute Gasteiger partial charge is 0.384 e. The average molecular weight is 259 g/mol. The highest BCUT2D eigenvalue weighted by atomic mass is 16.1. The molecule has 19 heavy (non-hydrogen) atoms. The molecule has 100 valence electrons. The molecule has 0 spiro atoms. The third kappa shape index (κ3) is 2.59. The Hall–Kier alpha value is -1.92. The van der Waals surface area contributed by atoms with Crippen molar-refractivity contribution in [3.8, 4) is 0 Å². The molecule has 2 aromatic rings. The van der Waals surface area contributed by atoms with Crippen LogP contribution in [0.25, 0.3) is 11.0 Å². The molecule has 1 saturated heterocycles. The normalized spacial score (nSPS) is 16.8. The van der Waals surface area contributed by atoms with Crippen LogP contribution < -0.4 is 16.6 Å². The first-order valence-electron chi connectivity index (χ1n) is 6.44. The lowest BCUT2D eigenvalue weighted by Gasteiger charge is -2.27. The van der Waals surface area contributed by atoms with Gasteiger partial charge in [-0.25, -0.2) is 4.98 Å². The van der Waals surface area contributed by atoms with Crippen molar-refractivity contribution < 1.29 is 0 Å². The highest BCUT2D eigenvalue weighted by molar-refractivity contribution is 5.79. The minimum absolute atomic E-state index is 0.129. The van der Waals surface area contributed by atoms with Gasteiger partial charge < -0.3 is 16.0 Å². The minimum atomic E-state index is -0.129. The number of nitrogens with one attached hydrogen (secondary N) is 2. The van der Waals surface area contributed by atoms with Gasteiger partial charge in [0.15, 0.2) is 0 Å². The van der Waals surface area contributed by atoms with Crippen LogP contribution >= 0.6 is 0 Å². The van der Waals surface area contributed by atoms with Gasteiger partial charge in [-0.3, -0.25) is 9.69 Å². The van der Waals surface area contributed by atoms with Crippen molar-refractivity contribution in [3.05, 3.63) is 34.1 Å². The standard InChI is InChI=1S/C13H17N5O/c14-11-2-1-10-9(7-12(19)17-13(10)16-11)8-18-5-3-15-4-6-18/h1-2,7,15H,3-6,8H2,(H3,14,16,17,19). The zero-order valence-corrected chi connectivity index (χ0v) is 10.6. The van der Waals surface area contributed by atoms with E-state index in [1.165, 1.54) is 0 Å². The lowest BCUT2D eigenvalue weighted by molar-refractivity contribution is 0.234. The Morgan fingerprint density at radius 2 is 2.11 bits per heavy atom. The van der Waals surface area contributed by atoms with E-state index in [1.54, 1.807) is 12.1 Å². The maximum atomic E-state index is 11.7. The summed E-state index contributed by atoms with van der Waals surface area (Å²) >= 11 is 0. The van der Waals surface area contributed by atoms with E-state index in [0.717, 1.165) is 43.7 Å². The molecule has 1 aliphatic heterocycles. The van der Waals surface area contributed by atoms with E-state index < -0.39 is 0 Å². The maximum Gasteiger partial charge on any atom is 0.249 e. The number of nitrogens with zero attached hydrogens (tertiary/aromatic N) is 2. The van der Waals surface area contributed by atoms with E-state index in [1.807, 2.05) is 6.07 Å². The molecule has 0 radical (unpaired) electrons. The Kier molecular flexibility index (Phi) is 3.18. The number of rotatable bonds is 2. The second-order valence-electron chi connectivity index (χ2n) is 4.82. The van der Waals surface area contributed by atoms with Crippen molar-refractivity contribution in [1.82, 2.24) is 20.2 Å². The zero-order valence-electron chi connectivity index (χ0n) is 10.6. The molecule has 3 heterocycles. The van der Waals surface area contributed by atoms with Gasteiger partial charge in [0.25, 0.3) is 0 Å². The molecule has 0 unspecified atom stereocenters. The Bertz CT molecular complexity index is 645. The third-order valence-electron chi connectivity index (χ3n) is 3.41. The number of anilines is 1. The Labute approximate surface area is 110 Å². The van der Waals surface area contributed by atoms with Crippen molar-refractivity contribution in [1.29, 1.82) is 0 Å². The molecule has 2 aromatic heterocycles. The first-order chi connectivity index (χ1) is 9.22. The van der Waals surface area contributed by atoms with Crippen LogP contribution in [0.5, 0.6) is 0 Å². The van der Waals surface area contributed by atoms with E-state index in [-0.39, 0.29) is 5.56 Å². The summed E-state index contributed by atoms with van der Waals surface area (Å²) in [6, 6.07) is 5.34. The van der Waals surface area contributed by atoms with Crippen LogP contribution in [-0.2, 0) is 6.54 Å². The molecule has 0 atom stereocenters. The van der Waals surface area contributed by atoms with Gasteiger partial charge in [0.1, 0.15) is 11.5 Å². The predicted molar refractivity (Wildman–Crippen MR) is 74.9 cm³/mol. The molecular weight excluding hydrogens is 242 g/mol. The van der Waals surface area contributed by atoms with Gasteiger partial charge in [0.2, 0.25) is 5.56 Å². The summed E-state index contributed by atoms with van der Waals surface area (Å²) in [5, 5.41) is 4.28. The number of hydrogen-bond donors (Lipinski definition) is 3. The molecule has 1 aliphatic rings. The van der Waals surface area contributed by atoms with Crippen LogP contribution in [0.1, 0.15) is 5.56 Å². The van der Waals surface area contributed by atoms with E-state index in [9.17, 15) is 4.79 Å². The van der Waals surface area contributed by atoms with Gasteiger partial charge >= 0.3 is 0 Å². The Morgan fingerprint density at radius 3 is 2.89 bits per heavy atom. The van der Waals surface area contributed by atoms with E-state index in [2.05, 4.69) is 20.2 Å². The van der Waals surface area contributed by atoms with Crippen molar-refractivity contribution in [2.45, 2.75) is 6.54 Å². The first-order valence-corrected chi connectivity index (χ1v) is 6.44. The molecule has 0 bridgehead atoms. The van der Waals surface area contributed by atoms with Gasteiger partial charge in [0.05, 0.1) is 0 Å². The number of hydrogen-bond acceptors (Lipinski definition) is 5. The molecule has 0 amide bonds. The highest BCUT2D eigenvalue weighted by Crippen LogP contribution is 2.16. The van der Waals surface area contributed by atoms with E-state index in [0.29, 0.717) is 11.5 Å². The van der Waals surface area contributed by atoms with Crippen LogP contribution in [0.2, 0.25) is 0 Å². The average Bonchev–Trinajstić information content (AvgIpc) is 2.39. The van der Waals surface area contributed by atoms with Crippen LogP contribution in [-0.4, -0.2) is 41.0 Å². The number of pyridine rings is 2. The van der Waals surface area contributed by atoms with Crippen LogP contribution in [0.3, 0.4) is 0 Å². The van der Waals surface area contributed by atoms with E-state index >= 15 is 0 Å². The van der Waals surface area contributed by atoms with Crippen molar-refractivity contribution in [2.75, 3.05) is 31.9 Å². The summed E-state index contributed by atoms with van der Waals surface area (Å²) in [6.45, 7) is 4.75. The number of aromatic nitrogens is 2. The van der Waals surface area contributed by atoms with Gasteiger partial charge in [-0.05, 0) is 17.7 Å². The second-order valence-corrected chi connectivity index (χ2v) is 4.82. The molecule has 4 N–H and O–H groups in total. The minimum Gasteiger partial charge on any atom is -0.384 e. The molecule has 1 fully saturated rings. The van der Waals surface area contributed by atoms with Crippen molar-refractivity contribution in [2.24, 2.45) is 0 Å². The fourth-order valence-electron chi connectivity index (χ4n) is 2.46. The summed E-state index contributed by atoms with van der Waals surface area (Å²) < 4.78 is 0. The topological polar surface area (TPSA) is 87.0 Å². The molecule has 6 nitrogen and oxygen atoms in total. The highest BCUT2D eigenvalue weighted by Gasteiger charge is 2.12. The summed E-state index contributed by atoms with van der Waals surface area (Å²) in [5.41, 5.74) is 7.10. The number of aromatic amines is 1.